The van der Waals surface area contributed by atoms with Crippen LogP contribution in [-0.4, -0.2) is 29.9 Å². The minimum atomic E-state index is -0.296. The van der Waals surface area contributed by atoms with Crippen LogP contribution in [0.1, 0.15) is 11.1 Å². The van der Waals surface area contributed by atoms with E-state index in [1.807, 2.05) is 66.7 Å². The van der Waals surface area contributed by atoms with Gasteiger partial charge in [0.25, 0.3) is 5.91 Å². The van der Waals surface area contributed by atoms with Crippen molar-refractivity contribution < 1.29 is 9.53 Å². The molecule has 0 spiro atoms. The van der Waals surface area contributed by atoms with Crippen LogP contribution in [0.2, 0.25) is 0 Å². The van der Waals surface area contributed by atoms with Crippen molar-refractivity contribution in [2.24, 2.45) is 4.99 Å². The number of carbonyl (C=O) groups excluding carboxylic acids is 1. The Morgan fingerprint density at radius 2 is 1.69 bits per heavy atom. The highest BCUT2D eigenvalue weighted by Crippen LogP contribution is 2.40. The summed E-state index contributed by atoms with van der Waals surface area (Å²) in [4.78, 5) is 22.3. The highest BCUT2D eigenvalue weighted by molar-refractivity contribution is 6.24. The number of rotatable bonds is 4. The molecule has 2 aliphatic rings. The molecule has 1 saturated heterocycles. The predicted octanol–water partition coefficient (Wildman–Crippen LogP) is 4.16. The van der Waals surface area contributed by atoms with Gasteiger partial charge in [0.05, 0.1) is 12.8 Å². The third kappa shape index (κ3) is 2.95. The van der Waals surface area contributed by atoms with E-state index in [0.717, 1.165) is 28.3 Å². The van der Waals surface area contributed by atoms with Crippen LogP contribution in [0.3, 0.4) is 0 Å². The second kappa shape index (κ2) is 7.09. The van der Waals surface area contributed by atoms with E-state index < -0.39 is 0 Å². The van der Waals surface area contributed by atoms with E-state index in [0.29, 0.717) is 18.9 Å². The Morgan fingerprint density at radius 3 is 2.41 bits per heavy atom. The molecule has 5 rings (SSSR count). The third-order valence-corrected chi connectivity index (χ3v) is 5.48. The zero-order chi connectivity index (χ0) is 19.8. The van der Waals surface area contributed by atoms with Gasteiger partial charge in [-0.25, -0.2) is 9.89 Å². The number of guanidine groups is 1. The van der Waals surface area contributed by atoms with Crippen LogP contribution >= 0.6 is 0 Å². The van der Waals surface area contributed by atoms with Gasteiger partial charge in [-0.1, -0.05) is 60.7 Å². The zero-order valence-corrected chi connectivity index (χ0v) is 16.2. The van der Waals surface area contributed by atoms with Gasteiger partial charge in [0.2, 0.25) is 5.96 Å². The maximum atomic E-state index is 13.6. The van der Waals surface area contributed by atoms with Gasteiger partial charge in [-0.05, 0) is 23.8 Å². The summed E-state index contributed by atoms with van der Waals surface area (Å²) in [5.41, 5.74) is 3.83. The van der Waals surface area contributed by atoms with Crippen molar-refractivity contribution in [3.8, 4) is 5.75 Å². The first-order chi connectivity index (χ1) is 14.3. The molecule has 0 aliphatic carbocycles. The lowest BCUT2D eigenvalue weighted by Gasteiger charge is -2.29. The fourth-order valence-corrected chi connectivity index (χ4v) is 4.07. The zero-order valence-electron chi connectivity index (χ0n) is 16.2. The molecule has 5 heteroatoms. The molecular weight excluding hydrogens is 362 g/mol. The molecule has 0 N–H and O–H groups in total. The normalized spacial score (nSPS) is 17.6. The molecule has 2 heterocycles. The number of hydrogen-bond acceptors (Lipinski definition) is 4. The highest BCUT2D eigenvalue weighted by Gasteiger charge is 2.46. The van der Waals surface area contributed by atoms with Crippen LogP contribution in [0.15, 0.2) is 83.9 Å². The van der Waals surface area contributed by atoms with Gasteiger partial charge in [-0.2, -0.15) is 0 Å². The van der Waals surface area contributed by atoms with Crippen LogP contribution in [0.4, 0.5) is 11.4 Å². The van der Waals surface area contributed by atoms with Crippen molar-refractivity contribution in [3.05, 3.63) is 90.0 Å². The summed E-state index contributed by atoms with van der Waals surface area (Å²) in [7, 11) is 1.65. The molecule has 0 bridgehead atoms. The second-order valence-electron chi connectivity index (χ2n) is 7.22. The third-order valence-electron chi connectivity index (χ3n) is 5.48. The van der Waals surface area contributed by atoms with Crippen molar-refractivity contribution in [2.45, 2.75) is 19.0 Å². The van der Waals surface area contributed by atoms with Crippen LogP contribution in [0.25, 0.3) is 0 Å². The van der Waals surface area contributed by atoms with Crippen molar-refractivity contribution in [1.29, 1.82) is 0 Å². The number of carbonyl (C=O) groups is 1. The quantitative estimate of drug-likeness (QED) is 0.680. The summed E-state index contributed by atoms with van der Waals surface area (Å²) >= 11 is 0. The van der Waals surface area contributed by atoms with E-state index in [4.69, 9.17) is 9.73 Å². The van der Waals surface area contributed by atoms with Gasteiger partial charge in [-0.3, -0.25) is 4.79 Å². The van der Waals surface area contributed by atoms with E-state index in [1.54, 1.807) is 12.0 Å². The van der Waals surface area contributed by atoms with Gasteiger partial charge < -0.3 is 9.64 Å². The van der Waals surface area contributed by atoms with Crippen LogP contribution in [0, 0.1) is 0 Å². The average Bonchev–Trinajstić information content (AvgIpc) is 3.03. The minimum absolute atomic E-state index is 0.0468. The van der Waals surface area contributed by atoms with E-state index in [1.165, 1.54) is 0 Å². The van der Waals surface area contributed by atoms with Crippen LogP contribution < -0.4 is 9.64 Å². The summed E-state index contributed by atoms with van der Waals surface area (Å²) < 4.78 is 5.52. The molecule has 29 heavy (non-hydrogen) atoms. The standard InChI is InChI=1S/C24H21N3O2/c1-29-21-14-8-11-18-16-26-20(15-17-9-4-2-5-10-17)23(28)27(24(26)25-22(18)21)19-12-6-3-7-13-19/h2-14,20H,15-16H2,1H3. The largest absolute Gasteiger partial charge is 0.494 e. The number of benzene rings is 3. The highest BCUT2D eigenvalue weighted by atomic mass is 16.5. The molecule has 1 atom stereocenters. The number of methoxy groups -OCH3 is 1. The molecule has 1 fully saturated rings. The smallest absolute Gasteiger partial charge is 0.257 e. The number of ether oxygens (including phenoxy) is 1. The molecular formula is C24H21N3O2. The number of para-hydroxylation sites is 2. The monoisotopic (exact) mass is 383 g/mol. The molecule has 144 valence electrons. The van der Waals surface area contributed by atoms with Crippen LogP contribution in [0.5, 0.6) is 5.75 Å². The molecule has 2 aliphatic heterocycles. The molecule has 3 aromatic rings. The van der Waals surface area contributed by atoms with E-state index >= 15 is 0 Å². The Hall–Kier alpha value is -3.60. The molecule has 0 saturated carbocycles. The molecule has 5 nitrogen and oxygen atoms in total. The maximum absolute atomic E-state index is 13.6. The molecule has 3 aromatic carbocycles. The summed E-state index contributed by atoms with van der Waals surface area (Å²) in [6.07, 6.45) is 0.640. The lowest BCUT2D eigenvalue weighted by molar-refractivity contribution is -0.119. The maximum Gasteiger partial charge on any atom is 0.257 e. The Labute approximate surface area is 169 Å². The van der Waals surface area contributed by atoms with E-state index in [9.17, 15) is 4.79 Å². The molecule has 0 aromatic heterocycles. The number of hydrogen-bond donors (Lipinski definition) is 0. The summed E-state index contributed by atoms with van der Waals surface area (Å²) in [6, 6.07) is 25.5. The van der Waals surface area contributed by atoms with Crippen molar-refractivity contribution >= 4 is 23.2 Å². The number of amides is 1. The number of fused-ring (bicyclic) bond motifs is 2. The second-order valence-corrected chi connectivity index (χ2v) is 7.22. The summed E-state index contributed by atoms with van der Waals surface area (Å²) in [5, 5.41) is 0. The summed E-state index contributed by atoms with van der Waals surface area (Å²) in [6.45, 7) is 0.623. The summed E-state index contributed by atoms with van der Waals surface area (Å²) in [5.74, 6) is 1.44. The first kappa shape index (κ1) is 17.5. The number of anilines is 1. The predicted molar refractivity (Wildman–Crippen MR) is 113 cm³/mol. The van der Waals surface area contributed by atoms with Crippen molar-refractivity contribution in [2.75, 3.05) is 12.0 Å². The molecule has 1 unspecified atom stereocenters. The Kier molecular flexibility index (Phi) is 4.28. The lowest BCUT2D eigenvalue weighted by Crippen LogP contribution is -2.38. The van der Waals surface area contributed by atoms with Gasteiger partial charge in [0, 0.05) is 18.5 Å². The number of nitrogens with zero attached hydrogens (tertiary/aromatic N) is 3. The molecule has 1 amide bonds. The van der Waals surface area contributed by atoms with Crippen LogP contribution in [-0.2, 0) is 17.8 Å². The Balaban J connectivity index is 1.62. The van der Waals surface area contributed by atoms with E-state index in [2.05, 4.69) is 17.0 Å². The SMILES string of the molecule is COc1cccc2c1N=C1N(c3ccccc3)C(=O)C(Cc3ccccc3)N1C2. The Bertz CT molecular complexity index is 1080. The van der Waals surface area contributed by atoms with Crippen molar-refractivity contribution in [3.63, 3.8) is 0 Å². The van der Waals surface area contributed by atoms with Gasteiger partial charge in [0.15, 0.2) is 0 Å². The lowest BCUT2D eigenvalue weighted by atomic mass is 10.0. The minimum Gasteiger partial charge on any atom is -0.494 e. The number of aliphatic imine (C=N–C) groups is 1. The van der Waals surface area contributed by atoms with Crippen molar-refractivity contribution in [1.82, 2.24) is 4.90 Å². The molecule has 0 radical (unpaired) electrons. The fourth-order valence-electron chi connectivity index (χ4n) is 4.07. The first-order valence-corrected chi connectivity index (χ1v) is 9.70. The average molecular weight is 383 g/mol. The fraction of sp³-hybridized carbons (Fsp3) is 0.167. The van der Waals surface area contributed by atoms with Gasteiger partial charge in [0.1, 0.15) is 17.5 Å². The van der Waals surface area contributed by atoms with E-state index in [-0.39, 0.29) is 11.9 Å². The van der Waals surface area contributed by atoms with Gasteiger partial charge >= 0.3 is 0 Å². The first-order valence-electron chi connectivity index (χ1n) is 9.70. The van der Waals surface area contributed by atoms with Gasteiger partial charge in [-0.15, -0.1) is 0 Å². The Morgan fingerprint density at radius 1 is 0.966 bits per heavy atom. The topological polar surface area (TPSA) is 45.1 Å².